The smallest absolute Gasteiger partial charge is 0.107 e. The van der Waals surface area contributed by atoms with Crippen LogP contribution < -0.4 is 5.32 Å². The molecule has 19 heavy (non-hydrogen) atoms. The molecule has 1 atom stereocenters. The fraction of sp³-hybridized carbons (Fsp3) is 0.786. The molecule has 0 spiro atoms. The van der Waals surface area contributed by atoms with Gasteiger partial charge in [0.2, 0.25) is 0 Å². The van der Waals surface area contributed by atoms with Crippen LogP contribution in [0.3, 0.4) is 0 Å². The maximum Gasteiger partial charge on any atom is 0.107 e. The first-order valence-electron chi connectivity index (χ1n) is 6.87. The lowest BCUT2D eigenvalue weighted by Crippen LogP contribution is -2.35. The second-order valence-electron chi connectivity index (χ2n) is 6.08. The van der Waals surface area contributed by atoms with E-state index in [0.29, 0.717) is 12.5 Å². The third kappa shape index (κ3) is 5.57. The van der Waals surface area contributed by atoms with Crippen molar-refractivity contribution in [3.8, 4) is 0 Å². The van der Waals surface area contributed by atoms with Gasteiger partial charge in [0.25, 0.3) is 0 Å². The Hall–Kier alpha value is -0.490. The molecule has 2 heterocycles. The molecule has 5 heteroatoms. The van der Waals surface area contributed by atoms with Gasteiger partial charge >= 0.3 is 0 Å². The molecule has 0 aromatic carbocycles. The van der Waals surface area contributed by atoms with Crippen LogP contribution in [0, 0.1) is 5.92 Å². The van der Waals surface area contributed by atoms with E-state index in [0.717, 1.165) is 43.5 Å². The minimum atomic E-state index is 0.130. The van der Waals surface area contributed by atoms with Crippen molar-refractivity contribution in [3.63, 3.8) is 0 Å². The molecule has 1 aliphatic heterocycles. The zero-order valence-electron chi connectivity index (χ0n) is 12.1. The predicted molar refractivity (Wildman–Crippen MR) is 77.3 cm³/mol. The zero-order chi connectivity index (χ0) is 13.7. The van der Waals surface area contributed by atoms with Crippen molar-refractivity contribution in [2.24, 2.45) is 5.92 Å². The van der Waals surface area contributed by atoms with Crippen molar-refractivity contribution in [1.82, 2.24) is 10.3 Å². The van der Waals surface area contributed by atoms with Crippen molar-refractivity contribution in [2.75, 3.05) is 19.8 Å². The molecule has 1 aromatic rings. The van der Waals surface area contributed by atoms with Crippen LogP contribution in [0.15, 0.2) is 5.38 Å². The molecule has 1 aromatic heterocycles. The molecule has 108 valence electrons. The van der Waals surface area contributed by atoms with E-state index in [1.165, 1.54) is 0 Å². The van der Waals surface area contributed by atoms with Crippen LogP contribution in [0.5, 0.6) is 0 Å². The highest BCUT2D eigenvalue weighted by molar-refractivity contribution is 7.09. The highest BCUT2D eigenvalue weighted by atomic mass is 32.1. The van der Waals surface area contributed by atoms with Gasteiger partial charge in [-0.1, -0.05) is 0 Å². The summed E-state index contributed by atoms with van der Waals surface area (Å²) in [5.74, 6) is 0.570. The predicted octanol–water partition coefficient (Wildman–Crippen LogP) is 2.58. The Kier molecular flexibility index (Phi) is 5.33. The Labute approximate surface area is 119 Å². The fourth-order valence-corrected chi connectivity index (χ4v) is 2.60. The van der Waals surface area contributed by atoms with Gasteiger partial charge in [-0.3, -0.25) is 0 Å². The Morgan fingerprint density at radius 1 is 1.53 bits per heavy atom. The number of rotatable bonds is 6. The van der Waals surface area contributed by atoms with Gasteiger partial charge in [0.15, 0.2) is 0 Å². The topological polar surface area (TPSA) is 43.4 Å². The molecule has 1 fully saturated rings. The zero-order valence-corrected chi connectivity index (χ0v) is 12.9. The summed E-state index contributed by atoms with van der Waals surface area (Å²) in [6.45, 7) is 10.4. The number of nitrogens with zero attached hydrogens (tertiary/aromatic N) is 1. The van der Waals surface area contributed by atoms with E-state index in [2.05, 4.69) is 36.5 Å². The Bertz CT molecular complexity index is 381. The Morgan fingerprint density at radius 3 is 3.05 bits per heavy atom. The maximum atomic E-state index is 5.71. The SMILES string of the molecule is CC(C)(C)NCc1nc(COCC2CCOC2)cs1. The molecular weight excluding hydrogens is 260 g/mol. The number of thiazole rings is 1. The first kappa shape index (κ1) is 14.9. The molecule has 0 bridgehead atoms. The second-order valence-corrected chi connectivity index (χ2v) is 7.02. The monoisotopic (exact) mass is 284 g/mol. The van der Waals surface area contributed by atoms with E-state index in [1.807, 2.05) is 0 Å². The van der Waals surface area contributed by atoms with Crippen LogP contribution in [0.4, 0.5) is 0 Å². The van der Waals surface area contributed by atoms with E-state index < -0.39 is 0 Å². The summed E-state index contributed by atoms with van der Waals surface area (Å²) in [5.41, 5.74) is 1.17. The van der Waals surface area contributed by atoms with E-state index in [1.54, 1.807) is 11.3 Å². The standard InChI is InChI=1S/C14H24N2O2S/c1-14(2,3)15-6-13-16-12(10-19-13)9-18-8-11-4-5-17-7-11/h10-11,15H,4-9H2,1-3H3. The summed E-state index contributed by atoms with van der Waals surface area (Å²) in [6, 6.07) is 0. The molecule has 1 unspecified atom stereocenters. The van der Waals surface area contributed by atoms with Crippen LogP contribution in [0.2, 0.25) is 0 Å². The first-order valence-corrected chi connectivity index (χ1v) is 7.75. The van der Waals surface area contributed by atoms with Crippen LogP contribution in [-0.4, -0.2) is 30.3 Å². The molecule has 0 aliphatic carbocycles. The van der Waals surface area contributed by atoms with Gasteiger partial charge in [0.1, 0.15) is 5.01 Å². The summed E-state index contributed by atoms with van der Waals surface area (Å²) in [4.78, 5) is 4.58. The van der Waals surface area contributed by atoms with E-state index in [4.69, 9.17) is 9.47 Å². The highest BCUT2D eigenvalue weighted by Crippen LogP contribution is 2.15. The summed E-state index contributed by atoms with van der Waals surface area (Å²) in [6.07, 6.45) is 1.12. The summed E-state index contributed by atoms with van der Waals surface area (Å²) < 4.78 is 11.0. The second kappa shape index (κ2) is 6.79. The van der Waals surface area contributed by atoms with Crippen LogP contribution in [0.25, 0.3) is 0 Å². The molecule has 0 amide bonds. The fourth-order valence-electron chi connectivity index (χ4n) is 1.88. The van der Waals surface area contributed by atoms with E-state index in [9.17, 15) is 0 Å². The van der Waals surface area contributed by atoms with Crippen molar-refractivity contribution < 1.29 is 9.47 Å². The van der Waals surface area contributed by atoms with E-state index >= 15 is 0 Å². The summed E-state index contributed by atoms with van der Waals surface area (Å²) in [7, 11) is 0. The number of hydrogen-bond acceptors (Lipinski definition) is 5. The molecule has 2 rings (SSSR count). The lowest BCUT2D eigenvalue weighted by molar-refractivity contribution is 0.0775. The quantitative estimate of drug-likeness (QED) is 0.872. The Balaban J connectivity index is 1.68. The molecule has 1 N–H and O–H groups in total. The van der Waals surface area contributed by atoms with Crippen LogP contribution in [-0.2, 0) is 22.6 Å². The number of ether oxygens (including phenoxy) is 2. The first-order chi connectivity index (χ1) is 9.03. The highest BCUT2D eigenvalue weighted by Gasteiger charge is 2.16. The van der Waals surface area contributed by atoms with Gasteiger partial charge in [-0.2, -0.15) is 0 Å². The number of hydrogen-bond donors (Lipinski definition) is 1. The van der Waals surface area contributed by atoms with Crippen molar-refractivity contribution in [3.05, 3.63) is 16.1 Å². The minimum Gasteiger partial charge on any atom is -0.381 e. The number of nitrogens with one attached hydrogen (secondary N) is 1. The average molecular weight is 284 g/mol. The third-order valence-electron chi connectivity index (χ3n) is 3.00. The Morgan fingerprint density at radius 2 is 2.37 bits per heavy atom. The minimum absolute atomic E-state index is 0.130. The van der Waals surface area contributed by atoms with Gasteiger partial charge < -0.3 is 14.8 Å². The van der Waals surface area contributed by atoms with Gasteiger partial charge in [0, 0.05) is 30.0 Å². The lowest BCUT2D eigenvalue weighted by Gasteiger charge is -2.19. The summed E-state index contributed by atoms with van der Waals surface area (Å²) >= 11 is 1.69. The molecule has 1 saturated heterocycles. The van der Waals surface area contributed by atoms with Crippen molar-refractivity contribution in [1.29, 1.82) is 0 Å². The van der Waals surface area contributed by atoms with Gasteiger partial charge in [-0.05, 0) is 27.2 Å². The molecule has 4 nitrogen and oxygen atoms in total. The maximum absolute atomic E-state index is 5.71. The molecule has 1 aliphatic rings. The molecule has 0 saturated carbocycles. The van der Waals surface area contributed by atoms with Gasteiger partial charge in [0.05, 0.1) is 25.5 Å². The van der Waals surface area contributed by atoms with Gasteiger partial charge in [-0.25, -0.2) is 4.98 Å². The lowest BCUT2D eigenvalue weighted by atomic mass is 10.1. The summed E-state index contributed by atoms with van der Waals surface area (Å²) in [5, 5.41) is 6.65. The molecule has 0 radical (unpaired) electrons. The largest absolute Gasteiger partial charge is 0.381 e. The van der Waals surface area contributed by atoms with Gasteiger partial charge in [-0.15, -0.1) is 11.3 Å². The van der Waals surface area contributed by atoms with E-state index in [-0.39, 0.29) is 5.54 Å². The van der Waals surface area contributed by atoms with Crippen molar-refractivity contribution >= 4 is 11.3 Å². The molecular formula is C14H24N2O2S. The van der Waals surface area contributed by atoms with Crippen molar-refractivity contribution in [2.45, 2.75) is 45.9 Å². The van der Waals surface area contributed by atoms with Crippen LogP contribution in [0.1, 0.15) is 37.9 Å². The third-order valence-corrected chi connectivity index (χ3v) is 3.89. The van der Waals surface area contributed by atoms with Crippen LogP contribution >= 0.6 is 11.3 Å². The normalized spacial score (nSPS) is 20.1. The average Bonchev–Trinajstić information content (AvgIpc) is 2.97. The number of aromatic nitrogens is 1.